The molecule has 0 aliphatic carbocycles. The molecule has 96 valence electrons. The van der Waals surface area contributed by atoms with Gasteiger partial charge in [0.25, 0.3) is 0 Å². The third-order valence-electron chi connectivity index (χ3n) is 2.87. The van der Waals surface area contributed by atoms with Gasteiger partial charge < -0.3 is 10.1 Å². The van der Waals surface area contributed by atoms with E-state index in [0.29, 0.717) is 12.1 Å². The lowest BCUT2D eigenvalue weighted by molar-refractivity contribution is 0.0715. The quantitative estimate of drug-likeness (QED) is 0.781. The fraction of sp³-hybridized carbons (Fsp3) is 0.600. The van der Waals surface area contributed by atoms with Crippen LogP contribution in [0.15, 0.2) is 24.3 Å². The SMILES string of the molecule is CCNC(CCOC(C)C)c1ccccc1C. The molecule has 2 nitrogen and oxygen atoms in total. The Morgan fingerprint density at radius 3 is 2.53 bits per heavy atom. The second-order valence-electron chi connectivity index (χ2n) is 4.68. The molecule has 1 aromatic rings. The van der Waals surface area contributed by atoms with Crippen molar-refractivity contribution in [2.45, 2.75) is 46.3 Å². The summed E-state index contributed by atoms with van der Waals surface area (Å²) in [5, 5.41) is 3.53. The van der Waals surface area contributed by atoms with Crippen LogP contribution in [0, 0.1) is 6.92 Å². The van der Waals surface area contributed by atoms with Gasteiger partial charge in [0.2, 0.25) is 0 Å². The number of nitrogens with one attached hydrogen (secondary N) is 1. The highest BCUT2D eigenvalue weighted by Crippen LogP contribution is 2.20. The van der Waals surface area contributed by atoms with Crippen LogP contribution in [-0.2, 0) is 4.74 Å². The van der Waals surface area contributed by atoms with Gasteiger partial charge in [0.15, 0.2) is 0 Å². The highest BCUT2D eigenvalue weighted by atomic mass is 16.5. The van der Waals surface area contributed by atoms with Gasteiger partial charge in [-0.2, -0.15) is 0 Å². The first-order chi connectivity index (χ1) is 8.15. The number of rotatable bonds is 7. The molecule has 17 heavy (non-hydrogen) atoms. The molecule has 1 atom stereocenters. The summed E-state index contributed by atoms with van der Waals surface area (Å²) in [6.45, 7) is 10.3. The molecular formula is C15H25NO. The van der Waals surface area contributed by atoms with Gasteiger partial charge in [-0.05, 0) is 44.9 Å². The largest absolute Gasteiger partial charge is 0.379 e. The summed E-state index contributed by atoms with van der Waals surface area (Å²) in [5.41, 5.74) is 2.74. The number of aryl methyl sites for hydroxylation is 1. The van der Waals surface area contributed by atoms with Crippen molar-refractivity contribution in [2.75, 3.05) is 13.2 Å². The van der Waals surface area contributed by atoms with Crippen LogP contribution in [0.2, 0.25) is 0 Å². The van der Waals surface area contributed by atoms with E-state index in [1.54, 1.807) is 0 Å². The molecule has 0 aliphatic rings. The Balaban J connectivity index is 2.62. The van der Waals surface area contributed by atoms with Crippen molar-refractivity contribution >= 4 is 0 Å². The minimum absolute atomic E-state index is 0.314. The lowest BCUT2D eigenvalue weighted by Crippen LogP contribution is -2.23. The molecule has 1 aromatic carbocycles. The molecule has 1 N–H and O–H groups in total. The smallest absolute Gasteiger partial charge is 0.0518 e. The second kappa shape index (κ2) is 7.46. The van der Waals surface area contributed by atoms with Crippen molar-refractivity contribution in [1.29, 1.82) is 0 Å². The fourth-order valence-corrected chi connectivity index (χ4v) is 2.01. The van der Waals surface area contributed by atoms with Crippen LogP contribution in [-0.4, -0.2) is 19.3 Å². The van der Waals surface area contributed by atoms with Gasteiger partial charge in [-0.3, -0.25) is 0 Å². The monoisotopic (exact) mass is 235 g/mol. The predicted molar refractivity (Wildman–Crippen MR) is 73.3 cm³/mol. The number of hydrogen-bond donors (Lipinski definition) is 1. The van der Waals surface area contributed by atoms with Crippen LogP contribution in [0.4, 0.5) is 0 Å². The zero-order valence-corrected chi connectivity index (χ0v) is 11.5. The minimum Gasteiger partial charge on any atom is -0.379 e. The summed E-state index contributed by atoms with van der Waals surface area (Å²) in [6, 6.07) is 8.98. The van der Waals surface area contributed by atoms with Gasteiger partial charge in [0.1, 0.15) is 0 Å². The van der Waals surface area contributed by atoms with Crippen molar-refractivity contribution in [2.24, 2.45) is 0 Å². The molecule has 1 unspecified atom stereocenters. The Bertz CT molecular complexity index is 322. The summed E-state index contributed by atoms with van der Waals surface area (Å²) in [7, 11) is 0. The summed E-state index contributed by atoms with van der Waals surface area (Å²) >= 11 is 0. The van der Waals surface area contributed by atoms with Gasteiger partial charge in [-0.1, -0.05) is 31.2 Å². The van der Waals surface area contributed by atoms with Crippen molar-refractivity contribution in [3.63, 3.8) is 0 Å². The van der Waals surface area contributed by atoms with E-state index in [0.717, 1.165) is 19.6 Å². The molecule has 0 saturated carbocycles. The van der Waals surface area contributed by atoms with E-state index >= 15 is 0 Å². The first kappa shape index (κ1) is 14.2. The van der Waals surface area contributed by atoms with Crippen LogP contribution in [0.25, 0.3) is 0 Å². The lowest BCUT2D eigenvalue weighted by Gasteiger charge is -2.21. The Kier molecular flexibility index (Phi) is 6.23. The van der Waals surface area contributed by atoms with Crippen molar-refractivity contribution in [3.05, 3.63) is 35.4 Å². The van der Waals surface area contributed by atoms with E-state index in [2.05, 4.69) is 57.3 Å². The topological polar surface area (TPSA) is 21.3 Å². The molecule has 1 rings (SSSR count). The lowest BCUT2D eigenvalue weighted by atomic mass is 9.99. The summed E-state index contributed by atoms with van der Waals surface area (Å²) < 4.78 is 5.64. The molecule has 0 radical (unpaired) electrons. The van der Waals surface area contributed by atoms with Crippen molar-refractivity contribution in [3.8, 4) is 0 Å². The van der Waals surface area contributed by atoms with E-state index in [-0.39, 0.29) is 0 Å². The van der Waals surface area contributed by atoms with Crippen LogP contribution < -0.4 is 5.32 Å². The number of benzene rings is 1. The highest BCUT2D eigenvalue weighted by molar-refractivity contribution is 5.28. The maximum Gasteiger partial charge on any atom is 0.0518 e. The van der Waals surface area contributed by atoms with E-state index in [1.807, 2.05) is 0 Å². The summed E-state index contributed by atoms with van der Waals surface area (Å²) in [4.78, 5) is 0. The first-order valence-corrected chi connectivity index (χ1v) is 6.55. The molecule has 2 heteroatoms. The van der Waals surface area contributed by atoms with Crippen LogP contribution in [0.5, 0.6) is 0 Å². The number of hydrogen-bond acceptors (Lipinski definition) is 2. The third-order valence-corrected chi connectivity index (χ3v) is 2.87. The molecule has 0 aliphatic heterocycles. The van der Waals surface area contributed by atoms with Gasteiger partial charge in [0.05, 0.1) is 6.10 Å². The molecule has 0 aromatic heterocycles. The standard InChI is InChI=1S/C15H25NO/c1-5-16-15(10-11-17-12(2)3)14-9-7-6-8-13(14)4/h6-9,12,15-16H,5,10-11H2,1-4H3. The van der Waals surface area contributed by atoms with Crippen LogP contribution in [0.1, 0.15) is 44.4 Å². The Morgan fingerprint density at radius 2 is 1.94 bits per heavy atom. The summed E-state index contributed by atoms with van der Waals surface area (Å²) in [6.07, 6.45) is 1.34. The molecule has 0 fully saturated rings. The molecule has 0 heterocycles. The fourth-order valence-electron chi connectivity index (χ4n) is 2.01. The Labute approximate surface area is 105 Å². The zero-order chi connectivity index (χ0) is 12.7. The molecule has 0 amide bonds. The molecule has 0 spiro atoms. The Morgan fingerprint density at radius 1 is 1.24 bits per heavy atom. The molecule has 0 saturated heterocycles. The van der Waals surface area contributed by atoms with E-state index in [4.69, 9.17) is 4.74 Å². The zero-order valence-electron chi connectivity index (χ0n) is 11.5. The first-order valence-electron chi connectivity index (χ1n) is 6.55. The van der Waals surface area contributed by atoms with Gasteiger partial charge in [0, 0.05) is 12.6 Å². The van der Waals surface area contributed by atoms with Crippen LogP contribution >= 0.6 is 0 Å². The average molecular weight is 235 g/mol. The van der Waals surface area contributed by atoms with E-state index in [1.165, 1.54) is 11.1 Å². The average Bonchev–Trinajstić information content (AvgIpc) is 2.28. The number of ether oxygens (including phenoxy) is 1. The van der Waals surface area contributed by atoms with Gasteiger partial charge in [-0.25, -0.2) is 0 Å². The van der Waals surface area contributed by atoms with Crippen molar-refractivity contribution < 1.29 is 4.74 Å². The summed E-state index contributed by atoms with van der Waals surface area (Å²) in [5.74, 6) is 0. The predicted octanol–water partition coefficient (Wildman–Crippen LogP) is 3.46. The van der Waals surface area contributed by atoms with Gasteiger partial charge >= 0.3 is 0 Å². The van der Waals surface area contributed by atoms with Crippen LogP contribution in [0.3, 0.4) is 0 Å². The van der Waals surface area contributed by atoms with E-state index < -0.39 is 0 Å². The van der Waals surface area contributed by atoms with Gasteiger partial charge in [-0.15, -0.1) is 0 Å². The normalized spacial score (nSPS) is 13.0. The maximum absolute atomic E-state index is 5.64. The minimum atomic E-state index is 0.314. The van der Waals surface area contributed by atoms with E-state index in [9.17, 15) is 0 Å². The Hall–Kier alpha value is -0.860. The third kappa shape index (κ3) is 4.88. The maximum atomic E-state index is 5.64. The van der Waals surface area contributed by atoms with Crippen molar-refractivity contribution in [1.82, 2.24) is 5.32 Å². The highest BCUT2D eigenvalue weighted by Gasteiger charge is 2.12. The molecule has 0 bridgehead atoms. The molecular weight excluding hydrogens is 210 g/mol. The second-order valence-corrected chi connectivity index (χ2v) is 4.68.